The first-order chi connectivity index (χ1) is 24.5. The standard InChI is InChI=1S/C38H49N3O7S3/c1-5-7-19-38(20-8-6-2)25-41(28-17-13-10-14-18-28)29-21-31(49-3)30(22-32(29)51(46,47)26-38)48-24-33(42)39-36(27-15-11-9-12-16-27)37(45)40-34(50-4)23-35(43)44/h9-18,21-22,34,36H,5-8,19-20,23-26H2,1-4H3,(H,39,42)(H,40,45)(H,43,44). The van der Waals surface area contributed by atoms with Gasteiger partial charge in [-0.1, -0.05) is 88.1 Å². The minimum Gasteiger partial charge on any atom is -0.483 e. The first kappa shape index (κ1) is 40.1. The number of amides is 2. The summed E-state index contributed by atoms with van der Waals surface area (Å²) in [4.78, 5) is 41.0. The van der Waals surface area contributed by atoms with Gasteiger partial charge in [-0.15, -0.1) is 23.5 Å². The topological polar surface area (TPSA) is 142 Å². The SMILES string of the molecule is CCCCC1(CCCC)CN(c2ccccc2)c2cc(SC)c(OCC(=O)NC(C(=O)NC(CC(=O)O)SC)c3ccccc3)cc2S(=O)(=O)C1. The lowest BCUT2D eigenvalue weighted by Gasteiger charge is -2.37. The van der Waals surface area contributed by atoms with Crippen molar-refractivity contribution in [1.29, 1.82) is 0 Å². The van der Waals surface area contributed by atoms with E-state index in [2.05, 4.69) is 29.4 Å². The number of carboxylic acid groups (broad SMARTS) is 1. The molecule has 13 heteroatoms. The Balaban J connectivity index is 1.67. The van der Waals surface area contributed by atoms with Crippen LogP contribution >= 0.6 is 23.5 Å². The zero-order chi connectivity index (χ0) is 37.0. The van der Waals surface area contributed by atoms with E-state index in [-0.39, 0.29) is 22.8 Å². The Hall–Kier alpha value is -3.68. The van der Waals surface area contributed by atoms with Crippen molar-refractivity contribution in [3.05, 3.63) is 78.4 Å². The maximum Gasteiger partial charge on any atom is 0.306 e. The van der Waals surface area contributed by atoms with Crippen LogP contribution in [0.15, 0.2) is 82.6 Å². The van der Waals surface area contributed by atoms with Gasteiger partial charge in [0.2, 0.25) is 5.91 Å². The average Bonchev–Trinajstić information content (AvgIpc) is 3.22. The van der Waals surface area contributed by atoms with Crippen LogP contribution in [0.25, 0.3) is 0 Å². The van der Waals surface area contributed by atoms with Crippen LogP contribution in [0.3, 0.4) is 0 Å². The Morgan fingerprint density at radius 1 is 0.941 bits per heavy atom. The maximum absolute atomic E-state index is 14.4. The summed E-state index contributed by atoms with van der Waals surface area (Å²) >= 11 is 2.57. The number of anilines is 2. The van der Waals surface area contributed by atoms with Gasteiger partial charge >= 0.3 is 5.97 Å². The molecule has 51 heavy (non-hydrogen) atoms. The molecule has 3 aromatic rings. The molecule has 276 valence electrons. The molecular weight excluding hydrogens is 707 g/mol. The molecule has 0 bridgehead atoms. The Morgan fingerprint density at radius 3 is 2.14 bits per heavy atom. The predicted molar refractivity (Wildman–Crippen MR) is 206 cm³/mol. The fourth-order valence-electron chi connectivity index (χ4n) is 6.46. The molecule has 2 unspecified atom stereocenters. The van der Waals surface area contributed by atoms with Gasteiger partial charge in [-0.3, -0.25) is 14.4 Å². The number of hydrogen-bond acceptors (Lipinski definition) is 9. The fourth-order valence-corrected chi connectivity index (χ4v) is 9.67. The molecule has 1 aliphatic rings. The van der Waals surface area contributed by atoms with Crippen LogP contribution in [0.5, 0.6) is 5.75 Å². The quantitative estimate of drug-likeness (QED) is 0.0901. The summed E-state index contributed by atoms with van der Waals surface area (Å²) in [5.74, 6) is -1.96. The van der Waals surface area contributed by atoms with Gasteiger partial charge in [0.25, 0.3) is 5.91 Å². The normalized spacial score (nSPS) is 15.9. The van der Waals surface area contributed by atoms with Gasteiger partial charge < -0.3 is 25.4 Å². The van der Waals surface area contributed by atoms with Crippen LogP contribution in [-0.4, -0.2) is 68.1 Å². The molecule has 0 aromatic heterocycles. The van der Waals surface area contributed by atoms with E-state index in [0.717, 1.165) is 44.2 Å². The highest BCUT2D eigenvalue weighted by Gasteiger charge is 2.42. The minimum absolute atomic E-state index is 0.0155. The van der Waals surface area contributed by atoms with Crippen molar-refractivity contribution < 1.29 is 32.6 Å². The van der Waals surface area contributed by atoms with Gasteiger partial charge in [0.15, 0.2) is 16.4 Å². The van der Waals surface area contributed by atoms with Gasteiger partial charge in [-0.25, -0.2) is 8.42 Å². The number of unbranched alkanes of at least 4 members (excludes halogenated alkanes) is 2. The van der Waals surface area contributed by atoms with Crippen molar-refractivity contribution in [1.82, 2.24) is 10.6 Å². The summed E-state index contributed by atoms with van der Waals surface area (Å²) in [6, 6.07) is 20.8. The highest BCUT2D eigenvalue weighted by atomic mass is 32.2. The lowest BCUT2D eigenvalue weighted by Crippen LogP contribution is -2.45. The van der Waals surface area contributed by atoms with Gasteiger partial charge in [0.1, 0.15) is 11.8 Å². The van der Waals surface area contributed by atoms with Crippen LogP contribution in [-0.2, 0) is 24.2 Å². The highest BCUT2D eigenvalue weighted by Crippen LogP contribution is 2.47. The molecule has 2 amide bonds. The molecule has 0 saturated heterocycles. The molecule has 1 heterocycles. The lowest BCUT2D eigenvalue weighted by molar-refractivity contribution is -0.137. The highest BCUT2D eigenvalue weighted by molar-refractivity contribution is 7.99. The molecule has 0 aliphatic carbocycles. The molecular formula is C38H49N3O7S3. The number of carbonyl (C=O) groups is 3. The number of carboxylic acids is 1. The number of aliphatic carboxylic acids is 1. The van der Waals surface area contributed by atoms with Crippen LogP contribution < -0.4 is 20.3 Å². The third-order valence-corrected chi connectivity index (χ3v) is 12.7. The van der Waals surface area contributed by atoms with Crippen molar-refractivity contribution in [2.45, 2.75) is 80.0 Å². The van der Waals surface area contributed by atoms with Crippen LogP contribution in [0.1, 0.15) is 70.4 Å². The van der Waals surface area contributed by atoms with Crippen LogP contribution in [0, 0.1) is 5.41 Å². The average molecular weight is 756 g/mol. The molecule has 0 spiro atoms. The zero-order valence-corrected chi connectivity index (χ0v) is 32.2. The van der Waals surface area contributed by atoms with E-state index in [0.29, 0.717) is 22.7 Å². The predicted octanol–water partition coefficient (Wildman–Crippen LogP) is 7.22. The Morgan fingerprint density at radius 2 is 1.57 bits per heavy atom. The molecule has 0 fully saturated rings. The fraction of sp³-hybridized carbons (Fsp3) is 0.447. The van der Waals surface area contributed by atoms with Crippen molar-refractivity contribution in [3.8, 4) is 5.75 Å². The van der Waals surface area contributed by atoms with Gasteiger partial charge in [-0.2, -0.15) is 0 Å². The number of para-hydroxylation sites is 1. The van der Waals surface area contributed by atoms with Crippen LogP contribution in [0.4, 0.5) is 11.4 Å². The van der Waals surface area contributed by atoms with Crippen molar-refractivity contribution in [2.24, 2.45) is 5.41 Å². The number of hydrogen-bond donors (Lipinski definition) is 3. The largest absolute Gasteiger partial charge is 0.483 e. The summed E-state index contributed by atoms with van der Waals surface area (Å²) in [6.45, 7) is 4.33. The first-order valence-corrected chi connectivity index (χ1v) is 21.4. The lowest BCUT2D eigenvalue weighted by atomic mass is 9.79. The molecule has 3 N–H and O–H groups in total. The summed E-state index contributed by atoms with van der Waals surface area (Å²) in [7, 11) is -3.79. The number of carbonyl (C=O) groups excluding carboxylic acids is 2. The third-order valence-electron chi connectivity index (χ3n) is 9.06. The van der Waals surface area contributed by atoms with E-state index in [4.69, 9.17) is 4.74 Å². The third kappa shape index (κ3) is 10.7. The van der Waals surface area contributed by atoms with E-state index >= 15 is 0 Å². The molecule has 10 nitrogen and oxygen atoms in total. The van der Waals surface area contributed by atoms with Gasteiger partial charge in [-0.05, 0) is 49.1 Å². The molecule has 2 atom stereocenters. The second-order valence-corrected chi connectivity index (χ2v) is 16.7. The number of sulfone groups is 1. The summed E-state index contributed by atoms with van der Waals surface area (Å²) in [5.41, 5.74) is 1.55. The number of ether oxygens (including phenoxy) is 1. The Kier molecular flexibility index (Phi) is 14.7. The van der Waals surface area contributed by atoms with Crippen molar-refractivity contribution in [3.63, 3.8) is 0 Å². The molecule has 1 aliphatic heterocycles. The number of benzene rings is 3. The number of fused-ring (bicyclic) bond motifs is 1. The van der Waals surface area contributed by atoms with Crippen molar-refractivity contribution >= 4 is 62.5 Å². The number of rotatable bonds is 18. The van der Waals surface area contributed by atoms with E-state index in [1.54, 1.807) is 42.7 Å². The Labute approximate surface area is 310 Å². The molecule has 3 aromatic carbocycles. The first-order valence-electron chi connectivity index (χ1n) is 17.2. The maximum atomic E-state index is 14.4. The second-order valence-electron chi connectivity index (χ2n) is 12.9. The molecule has 0 saturated carbocycles. The Bertz CT molecular complexity index is 1730. The van der Waals surface area contributed by atoms with E-state index in [1.807, 2.05) is 42.7 Å². The molecule has 0 radical (unpaired) electrons. The van der Waals surface area contributed by atoms with Gasteiger partial charge in [0.05, 0.1) is 33.0 Å². The summed E-state index contributed by atoms with van der Waals surface area (Å²) < 4.78 is 34.9. The number of nitrogens with one attached hydrogen (secondary N) is 2. The van der Waals surface area contributed by atoms with Gasteiger partial charge in [0, 0.05) is 23.7 Å². The monoisotopic (exact) mass is 755 g/mol. The number of nitrogens with zero attached hydrogens (tertiary/aromatic N) is 1. The number of thioether (sulfide) groups is 2. The second kappa shape index (κ2) is 18.7. The van der Waals surface area contributed by atoms with E-state index in [1.165, 1.54) is 23.5 Å². The summed E-state index contributed by atoms with van der Waals surface area (Å²) in [6.07, 6.45) is 8.66. The minimum atomic E-state index is -3.79. The molecule has 4 rings (SSSR count). The van der Waals surface area contributed by atoms with Crippen LogP contribution in [0.2, 0.25) is 0 Å². The zero-order valence-electron chi connectivity index (χ0n) is 29.7. The smallest absolute Gasteiger partial charge is 0.306 e. The van der Waals surface area contributed by atoms with E-state index < -0.39 is 51.1 Å². The van der Waals surface area contributed by atoms with E-state index in [9.17, 15) is 27.9 Å². The van der Waals surface area contributed by atoms with Crippen molar-refractivity contribution in [2.75, 3.05) is 36.3 Å². The summed E-state index contributed by atoms with van der Waals surface area (Å²) in [5, 5.41) is 14.0.